The average Bonchev–Trinajstić information content (AvgIpc) is 3.03. The standard InChI is InChI=1S/C20H22N2O2S/c1-3-15-9-11-16(12-10-15)24-13-5-8-18(23)21-20-22-19-14(2)6-4-7-17(19)25-20/h4,6-7,9-12H,3,5,8,13H2,1-2H3,(H,21,22,23). The van der Waals surface area contributed by atoms with E-state index in [4.69, 9.17) is 4.74 Å². The number of aromatic nitrogens is 1. The van der Waals surface area contributed by atoms with Crippen LogP contribution in [-0.2, 0) is 11.2 Å². The fourth-order valence-electron chi connectivity index (χ4n) is 2.57. The summed E-state index contributed by atoms with van der Waals surface area (Å²) in [6.45, 7) is 4.68. The number of anilines is 1. The summed E-state index contributed by atoms with van der Waals surface area (Å²) in [7, 11) is 0. The molecule has 1 heterocycles. The van der Waals surface area contributed by atoms with Crippen LogP contribution >= 0.6 is 11.3 Å². The van der Waals surface area contributed by atoms with Gasteiger partial charge in [0.1, 0.15) is 5.75 Å². The maximum Gasteiger partial charge on any atom is 0.226 e. The largest absolute Gasteiger partial charge is 0.494 e. The van der Waals surface area contributed by atoms with Crippen molar-refractivity contribution in [3.63, 3.8) is 0 Å². The number of para-hydroxylation sites is 1. The molecule has 0 radical (unpaired) electrons. The van der Waals surface area contributed by atoms with Crippen LogP contribution in [0, 0.1) is 6.92 Å². The molecule has 1 N–H and O–H groups in total. The SMILES string of the molecule is CCc1ccc(OCCCC(=O)Nc2nc3c(C)cccc3s2)cc1. The molecule has 0 bridgehead atoms. The first-order chi connectivity index (χ1) is 12.2. The summed E-state index contributed by atoms with van der Waals surface area (Å²) >= 11 is 1.50. The van der Waals surface area contributed by atoms with E-state index in [2.05, 4.69) is 29.4 Å². The molecule has 0 aliphatic heterocycles. The predicted molar refractivity (Wildman–Crippen MR) is 104 cm³/mol. The van der Waals surface area contributed by atoms with E-state index in [1.54, 1.807) is 0 Å². The molecule has 1 amide bonds. The zero-order valence-electron chi connectivity index (χ0n) is 14.5. The molecule has 3 aromatic rings. The molecule has 0 fully saturated rings. The predicted octanol–water partition coefficient (Wildman–Crippen LogP) is 4.96. The van der Waals surface area contributed by atoms with Crippen molar-refractivity contribution >= 4 is 32.6 Å². The van der Waals surface area contributed by atoms with Gasteiger partial charge in [-0.05, 0) is 49.1 Å². The van der Waals surface area contributed by atoms with Crippen molar-refractivity contribution in [1.82, 2.24) is 4.98 Å². The van der Waals surface area contributed by atoms with Crippen LogP contribution in [0.2, 0.25) is 0 Å². The number of carbonyl (C=O) groups excluding carboxylic acids is 1. The lowest BCUT2D eigenvalue weighted by Crippen LogP contribution is -2.12. The number of nitrogens with zero attached hydrogens (tertiary/aromatic N) is 1. The minimum Gasteiger partial charge on any atom is -0.494 e. The van der Waals surface area contributed by atoms with Crippen LogP contribution in [0.15, 0.2) is 42.5 Å². The molecule has 0 atom stereocenters. The third kappa shape index (κ3) is 4.57. The number of hydrogen-bond acceptors (Lipinski definition) is 4. The number of carbonyl (C=O) groups is 1. The number of aryl methyl sites for hydroxylation is 2. The summed E-state index contributed by atoms with van der Waals surface area (Å²) in [5.41, 5.74) is 3.37. The Bertz CT molecular complexity index is 856. The van der Waals surface area contributed by atoms with E-state index in [-0.39, 0.29) is 5.91 Å². The second kappa shape index (κ2) is 8.12. The van der Waals surface area contributed by atoms with E-state index in [9.17, 15) is 4.79 Å². The molecule has 25 heavy (non-hydrogen) atoms. The molecular weight excluding hydrogens is 332 g/mol. The lowest BCUT2D eigenvalue weighted by Gasteiger charge is -2.06. The van der Waals surface area contributed by atoms with E-state index in [1.165, 1.54) is 16.9 Å². The molecular formula is C20H22N2O2S. The van der Waals surface area contributed by atoms with Crippen molar-refractivity contribution in [3.8, 4) is 5.75 Å². The third-order valence-electron chi connectivity index (χ3n) is 4.02. The number of benzene rings is 2. The van der Waals surface area contributed by atoms with Gasteiger partial charge < -0.3 is 10.1 Å². The maximum absolute atomic E-state index is 12.1. The van der Waals surface area contributed by atoms with Gasteiger partial charge in [0.2, 0.25) is 5.91 Å². The molecule has 2 aromatic carbocycles. The molecule has 0 saturated heterocycles. The quantitative estimate of drug-likeness (QED) is 0.610. The fraction of sp³-hybridized carbons (Fsp3) is 0.300. The van der Waals surface area contributed by atoms with Gasteiger partial charge in [0.25, 0.3) is 0 Å². The number of thiazole rings is 1. The van der Waals surface area contributed by atoms with Crippen LogP contribution in [-0.4, -0.2) is 17.5 Å². The molecule has 130 valence electrons. The first kappa shape index (κ1) is 17.4. The molecule has 0 spiro atoms. The Morgan fingerprint density at radius 2 is 2.00 bits per heavy atom. The third-order valence-corrected chi connectivity index (χ3v) is 4.95. The number of ether oxygens (including phenoxy) is 1. The van der Waals surface area contributed by atoms with Gasteiger partial charge in [0, 0.05) is 6.42 Å². The van der Waals surface area contributed by atoms with Gasteiger partial charge in [-0.1, -0.05) is 42.5 Å². The van der Waals surface area contributed by atoms with Crippen LogP contribution in [0.4, 0.5) is 5.13 Å². The van der Waals surface area contributed by atoms with Crippen molar-refractivity contribution in [2.24, 2.45) is 0 Å². The molecule has 0 saturated carbocycles. The van der Waals surface area contributed by atoms with Crippen LogP contribution in [0.25, 0.3) is 10.2 Å². The van der Waals surface area contributed by atoms with Gasteiger partial charge >= 0.3 is 0 Å². The first-order valence-electron chi connectivity index (χ1n) is 8.53. The van der Waals surface area contributed by atoms with Crippen molar-refractivity contribution in [1.29, 1.82) is 0 Å². The maximum atomic E-state index is 12.1. The second-order valence-electron chi connectivity index (χ2n) is 5.94. The lowest BCUT2D eigenvalue weighted by atomic mass is 10.2. The highest BCUT2D eigenvalue weighted by Crippen LogP contribution is 2.27. The Kier molecular flexibility index (Phi) is 5.66. The smallest absolute Gasteiger partial charge is 0.226 e. The van der Waals surface area contributed by atoms with Gasteiger partial charge in [0.15, 0.2) is 5.13 Å². The summed E-state index contributed by atoms with van der Waals surface area (Å²) in [6, 6.07) is 14.1. The van der Waals surface area contributed by atoms with Crippen LogP contribution in [0.5, 0.6) is 5.75 Å². The zero-order chi connectivity index (χ0) is 17.6. The Morgan fingerprint density at radius 3 is 2.72 bits per heavy atom. The van der Waals surface area contributed by atoms with Gasteiger partial charge in [0.05, 0.1) is 16.8 Å². The van der Waals surface area contributed by atoms with Gasteiger partial charge in [-0.25, -0.2) is 4.98 Å². The highest BCUT2D eigenvalue weighted by Gasteiger charge is 2.09. The second-order valence-corrected chi connectivity index (χ2v) is 6.97. The fourth-order valence-corrected chi connectivity index (χ4v) is 3.53. The Hall–Kier alpha value is -2.40. The summed E-state index contributed by atoms with van der Waals surface area (Å²) < 4.78 is 6.77. The monoisotopic (exact) mass is 354 g/mol. The highest BCUT2D eigenvalue weighted by molar-refractivity contribution is 7.22. The number of hydrogen-bond donors (Lipinski definition) is 1. The highest BCUT2D eigenvalue weighted by atomic mass is 32.1. The molecule has 0 unspecified atom stereocenters. The minimum absolute atomic E-state index is 0.0263. The van der Waals surface area contributed by atoms with E-state index in [0.29, 0.717) is 24.6 Å². The van der Waals surface area contributed by atoms with E-state index < -0.39 is 0 Å². The Labute approximate surface area is 151 Å². The van der Waals surface area contributed by atoms with Crippen LogP contribution in [0.3, 0.4) is 0 Å². The van der Waals surface area contributed by atoms with Crippen LogP contribution in [0.1, 0.15) is 30.9 Å². The Morgan fingerprint density at radius 1 is 1.20 bits per heavy atom. The first-order valence-corrected chi connectivity index (χ1v) is 9.35. The molecule has 4 nitrogen and oxygen atoms in total. The van der Waals surface area contributed by atoms with Crippen molar-refractivity contribution in [2.75, 3.05) is 11.9 Å². The molecule has 0 aliphatic carbocycles. The molecule has 5 heteroatoms. The number of rotatable bonds is 7. The number of nitrogens with one attached hydrogen (secondary N) is 1. The summed E-state index contributed by atoms with van der Waals surface area (Å²) in [5.74, 6) is 0.820. The number of amides is 1. The van der Waals surface area contributed by atoms with Crippen molar-refractivity contribution in [3.05, 3.63) is 53.6 Å². The van der Waals surface area contributed by atoms with E-state index >= 15 is 0 Å². The van der Waals surface area contributed by atoms with Gasteiger partial charge in [-0.2, -0.15) is 0 Å². The minimum atomic E-state index is -0.0263. The normalized spacial score (nSPS) is 10.8. The molecule has 1 aromatic heterocycles. The molecule has 0 aliphatic rings. The van der Waals surface area contributed by atoms with E-state index in [0.717, 1.165) is 28.0 Å². The van der Waals surface area contributed by atoms with Gasteiger partial charge in [-0.3, -0.25) is 4.79 Å². The van der Waals surface area contributed by atoms with Crippen molar-refractivity contribution < 1.29 is 9.53 Å². The molecule has 3 rings (SSSR count). The van der Waals surface area contributed by atoms with Crippen LogP contribution < -0.4 is 10.1 Å². The zero-order valence-corrected chi connectivity index (χ0v) is 15.4. The van der Waals surface area contributed by atoms with Crippen molar-refractivity contribution in [2.45, 2.75) is 33.1 Å². The Balaban J connectivity index is 1.45. The van der Waals surface area contributed by atoms with Gasteiger partial charge in [-0.15, -0.1) is 0 Å². The summed E-state index contributed by atoms with van der Waals surface area (Å²) in [4.78, 5) is 16.6. The number of fused-ring (bicyclic) bond motifs is 1. The topological polar surface area (TPSA) is 51.2 Å². The summed E-state index contributed by atoms with van der Waals surface area (Å²) in [5, 5.41) is 3.54. The van der Waals surface area contributed by atoms with E-state index in [1.807, 2.05) is 37.3 Å². The lowest BCUT2D eigenvalue weighted by molar-refractivity contribution is -0.116. The average molecular weight is 354 g/mol. The summed E-state index contributed by atoms with van der Waals surface area (Å²) in [6.07, 6.45) is 2.11.